The Morgan fingerprint density at radius 1 is 1.12 bits per heavy atom. The Balaban J connectivity index is 1.48. The van der Waals surface area contributed by atoms with Gasteiger partial charge < -0.3 is 5.11 Å². The lowest BCUT2D eigenvalue weighted by Crippen LogP contribution is -2.18. The van der Waals surface area contributed by atoms with Crippen LogP contribution in [0.2, 0.25) is 5.02 Å². The molecule has 0 aliphatic rings. The lowest BCUT2D eigenvalue weighted by atomic mass is 10.2. The van der Waals surface area contributed by atoms with Crippen LogP contribution in [0.1, 0.15) is 33.0 Å². The maximum Gasteiger partial charge on any atom is 0.295 e. The van der Waals surface area contributed by atoms with Gasteiger partial charge in [0.2, 0.25) is 0 Å². The second-order valence-corrected chi connectivity index (χ2v) is 7.58. The molecule has 162 valence electrons. The van der Waals surface area contributed by atoms with E-state index in [2.05, 4.69) is 20.7 Å². The van der Waals surface area contributed by atoms with Crippen LogP contribution in [-0.4, -0.2) is 36.8 Å². The first-order valence-electron chi connectivity index (χ1n) is 9.89. The zero-order valence-corrected chi connectivity index (χ0v) is 18.3. The van der Waals surface area contributed by atoms with E-state index in [1.165, 1.54) is 17.1 Å². The Morgan fingerprint density at radius 3 is 2.59 bits per heavy atom. The minimum Gasteiger partial charge on any atom is -0.504 e. The largest absolute Gasteiger partial charge is 0.504 e. The van der Waals surface area contributed by atoms with Gasteiger partial charge in [-0.1, -0.05) is 48.0 Å². The van der Waals surface area contributed by atoms with Gasteiger partial charge in [-0.2, -0.15) is 15.3 Å². The van der Waals surface area contributed by atoms with E-state index in [4.69, 9.17) is 11.6 Å². The second kappa shape index (κ2) is 9.07. The lowest BCUT2D eigenvalue weighted by molar-refractivity contribution is 0.0947. The minimum atomic E-state index is -0.618. The second-order valence-electron chi connectivity index (χ2n) is 7.18. The van der Waals surface area contributed by atoms with Crippen LogP contribution in [-0.2, 0) is 6.54 Å². The number of benzene rings is 2. The van der Waals surface area contributed by atoms with Crippen molar-refractivity contribution in [1.82, 2.24) is 25.0 Å². The van der Waals surface area contributed by atoms with Crippen molar-refractivity contribution in [2.45, 2.75) is 20.4 Å². The van der Waals surface area contributed by atoms with Crippen LogP contribution in [0.15, 0.2) is 65.9 Å². The molecule has 0 radical (unpaired) electrons. The molecule has 1 amide bonds. The van der Waals surface area contributed by atoms with Crippen LogP contribution in [0, 0.1) is 13.8 Å². The number of aromatic hydroxyl groups is 1. The van der Waals surface area contributed by atoms with E-state index in [9.17, 15) is 9.90 Å². The fraction of sp³-hybridized carbons (Fsp3) is 0.130. The quantitative estimate of drug-likeness (QED) is 0.345. The van der Waals surface area contributed by atoms with Gasteiger partial charge in [-0.05, 0) is 37.6 Å². The number of nitrogens with zero attached hydrogens (tertiary/aromatic N) is 5. The van der Waals surface area contributed by atoms with Crippen molar-refractivity contribution in [1.29, 1.82) is 0 Å². The predicted octanol–water partition coefficient (Wildman–Crippen LogP) is 3.86. The van der Waals surface area contributed by atoms with Gasteiger partial charge >= 0.3 is 0 Å². The third-order valence-electron chi connectivity index (χ3n) is 5.01. The monoisotopic (exact) mass is 448 g/mol. The molecular formula is C23H21ClN6O2. The Hall–Kier alpha value is -3.91. The number of hydrogen-bond donors (Lipinski definition) is 2. The molecule has 32 heavy (non-hydrogen) atoms. The van der Waals surface area contributed by atoms with Crippen LogP contribution in [0.4, 0.5) is 0 Å². The smallest absolute Gasteiger partial charge is 0.295 e. The number of aromatic nitrogens is 4. The molecule has 9 heteroatoms. The molecule has 0 spiro atoms. The van der Waals surface area contributed by atoms with E-state index in [0.717, 1.165) is 28.2 Å². The zero-order valence-electron chi connectivity index (χ0n) is 17.5. The van der Waals surface area contributed by atoms with Gasteiger partial charge in [0, 0.05) is 16.3 Å². The van der Waals surface area contributed by atoms with E-state index in [1.807, 2.05) is 73.1 Å². The van der Waals surface area contributed by atoms with E-state index < -0.39 is 5.91 Å². The molecule has 4 rings (SSSR count). The highest BCUT2D eigenvalue weighted by atomic mass is 35.5. The summed E-state index contributed by atoms with van der Waals surface area (Å²) in [6.07, 6.45) is 2.91. The molecule has 8 nitrogen and oxygen atoms in total. The molecule has 2 aromatic carbocycles. The highest BCUT2D eigenvalue weighted by Gasteiger charge is 2.17. The molecule has 0 saturated carbocycles. The van der Waals surface area contributed by atoms with Crippen molar-refractivity contribution in [2.75, 3.05) is 0 Å². The van der Waals surface area contributed by atoms with Crippen LogP contribution in [0.25, 0.3) is 5.69 Å². The zero-order chi connectivity index (χ0) is 22.7. The summed E-state index contributed by atoms with van der Waals surface area (Å²) in [7, 11) is 0. The lowest BCUT2D eigenvalue weighted by Gasteiger charge is -2.06. The highest BCUT2D eigenvalue weighted by Crippen LogP contribution is 2.19. The highest BCUT2D eigenvalue weighted by molar-refractivity contribution is 6.31. The van der Waals surface area contributed by atoms with Gasteiger partial charge in [0.05, 0.1) is 30.3 Å². The van der Waals surface area contributed by atoms with Crippen LogP contribution in [0.3, 0.4) is 0 Å². The summed E-state index contributed by atoms with van der Waals surface area (Å²) in [5.74, 6) is -0.853. The number of nitrogens with one attached hydrogen (secondary N) is 1. The van der Waals surface area contributed by atoms with Crippen LogP contribution < -0.4 is 5.43 Å². The van der Waals surface area contributed by atoms with Gasteiger partial charge in [0.1, 0.15) is 0 Å². The summed E-state index contributed by atoms with van der Waals surface area (Å²) in [6.45, 7) is 4.32. The number of aryl methyl sites for hydroxylation is 1. The molecule has 0 saturated heterocycles. The number of hydrogen-bond acceptors (Lipinski definition) is 5. The molecule has 2 aromatic heterocycles. The molecule has 0 aliphatic heterocycles. The molecule has 0 aliphatic carbocycles. The van der Waals surface area contributed by atoms with Gasteiger partial charge in [0.25, 0.3) is 5.91 Å². The van der Waals surface area contributed by atoms with E-state index in [1.54, 1.807) is 0 Å². The predicted molar refractivity (Wildman–Crippen MR) is 123 cm³/mol. The van der Waals surface area contributed by atoms with E-state index in [-0.39, 0.29) is 11.4 Å². The first-order chi connectivity index (χ1) is 15.4. The maximum atomic E-state index is 12.5. The molecule has 0 bridgehead atoms. The van der Waals surface area contributed by atoms with Crippen molar-refractivity contribution in [2.24, 2.45) is 5.10 Å². The Morgan fingerprint density at radius 2 is 1.84 bits per heavy atom. The molecule has 2 N–H and O–H groups in total. The van der Waals surface area contributed by atoms with Crippen molar-refractivity contribution in [3.63, 3.8) is 0 Å². The number of carbonyl (C=O) groups excluding carboxylic acids is 1. The van der Waals surface area contributed by atoms with Crippen molar-refractivity contribution >= 4 is 23.7 Å². The third-order valence-corrected chi connectivity index (χ3v) is 5.37. The van der Waals surface area contributed by atoms with Crippen LogP contribution in [0.5, 0.6) is 5.75 Å². The normalized spacial score (nSPS) is 11.2. The average molecular weight is 449 g/mol. The third kappa shape index (κ3) is 4.40. The summed E-state index contributed by atoms with van der Waals surface area (Å²) in [4.78, 5) is 12.5. The number of carbonyl (C=O) groups is 1. The maximum absolute atomic E-state index is 12.5. The Kier molecular flexibility index (Phi) is 6.04. The Bertz CT molecular complexity index is 1290. The fourth-order valence-electron chi connectivity index (χ4n) is 3.29. The first kappa shape index (κ1) is 21.3. The molecule has 0 atom stereocenters. The molecule has 2 heterocycles. The van der Waals surface area contributed by atoms with Crippen molar-refractivity contribution in [3.05, 3.63) is 94.0 Å². The molecule has 4 aromatic rings. The summed E-state index contributed by atoms with van der Waals surface area (Å²) < 4.78 is 3.27. The van der Waals surface area contributed by atoms with Gasteiger partial charge in [0.15, 0.2) is 11.4 Å². The van der Waals surface area contributed by atoms with Gasteiger partial charge in [-0.15, -0.1) is 0 Å². The average Bonchev–Trinajstić information content (AvgIpc) is 3.30. The molecule has 0 unspecified atom stereocenters. The summed E-state index contributed by atoms with van der Waals surface area (Å²) >= 11 is 6.26. The minimum absolute atomic E-state index is 0.117. The summed E-state index contributed by atoms with van der Waals surface area (Å²) in [5.41, 5.74) is 6.42. The fourth-order valence-corrected chi connectivity index (χ4v) is 3.48. The first-order valence-corrected chi connectivity index (χ1v) is 10.3. The van der Waals surface area contributed by atoms with Gasteiger partial charge in [-0.3, -0.25) is 9.48 Å². The number of rotatable bonds is 6. The van der Waals surface area contributed by atoms with E-state index in [0.29, 0.717) is 11.6 Å². The van der Waals surface area contributed by atoms with Crippen molar-refractivity contribution in [3.8, 4) is 11.4 Å². The van der Waals surface area contributed by atoms with Crippen LogP contribution >= 0.6 is 11.6 Å². The number of hydrazone groups is 1. The molecular weight excluding hydrogens is 428 g/mol. The Labute approximate surface area is 189 Å². The SMILES string of the molecule is Cc1nn(Cc2ccccc2Cl)c(C)c1/C=N/NC(=O)c1nn(-c2ccccc2)cc1O. The summed E-state index contributed by atoms with van der Waals surface area (Å²) in [6, 6.07) is 16.8. The van der Waals surface area contributed by atoms with E-state index >= 15 is 0 Å². The number of halogens is 1. The number of para-hydroxylation sites is 1. The van der Waals surface area contributed by atoms with Crippen molar-refractivity contribution < 1.29 is 9.90 Å². The number of amides is 1. The van der Waals surface area contributed by atoms with Gasteiger partial charge in [-0.25, -0.2) is 10.1 Å². The molecule has 0 fully saturated rings. The summed E-state index contributed by atoms with van der Waals surface area (Å²) in [5, 5.41) is 23.5. The topological polar surface area (TPSA) is 97.3 Å². The standard InChI is InChI=1S/C23H21ClN6O2/c1-15-19(16(2)29(27-15)13-17-8-6-7-11-20(17)24)12-25-26-23(32)22-21(31)14-30(28-22)18-9-4-3-5-10-18/h3-12,14,31H,13H2,1-2H3,(H,26,32)/b25-12+.